The molecule has 2 rings (SSSR count). The van der Waals surface area contributed by atoms with Crippen LogP contribution in [0.3, 0.4) is 0 Å². The smallest absolute Gasteiger partial charge is 0.338 e. The SMILES string of the molecule is CCOC(=O)c1ccc(N/C=C2\C=CC=C(OC)C2=O)cc1. The molecule has 114 valence electrons. The van der Waals surface area contributed by atoms with Crippen LogP contribution in [0, 0.1) is 0 Å². The summed E-state index contributed by atoms with van der Waals surface area (Å²) in [5.41, 5.74) is 1.74. The van der Waals surface area contributed by atoms with Crippen molar-refractivity contribution in [3.63, 3.8) is 0 Å². The molecule has 0 radical (unpaired) electrons. The fourth-order valence-electron chi connectivity index (χ4n) is 1.89. The summed E-state index contributed by atoms with van der Waals surface area (Å²) >= 11 is 0. The van der Waals surface area contributed by atoms with Crippen LogP contribution in [0.25, 0.3) is 0 Å². The van der Waals surface area contributed by atoms with Crippen LogP contribution in [-0.4, -0.2) is 25.5 Å². The molecule has 5 nitrogen and oxygen atoms in total. The zero-order valence-corrected chi connectivity index (χ0v) is 12.5. The van der Waals surface area contributed by atoms with Crippen molar-refractivity contribution in [2.24, 2.45) is 0 Å². The molecule has 0 heterocycles. The van der Waals surface area contributed by atoms with E-state index in [0.29, 0.717) is 23.5 Å². The molecule has 1 aliphatic carbocycles. The zero-order valence-electron chi connectivity index (χ0n) is 12.5. The molecule has 0 fully saturated rings. The van der Waals surface area contributed by atoms with E-state index in [1.807, 2.05) is 0 Å². The predicted octanol–water partition coefficient (Wildman–Crippen LogP) is 2.83. The number of allylic oxidation sites excluding steroid dienone is 4. The van der Waals surface area contributed by atoms with Gasteiger partial charge in [0.2, 0.25) is 5.78 Å². The number of carbonyl (C=O) groups excluding carboxylic acids is 2. The van der Waals surface area contributed by atoms with Crippen LogP contribution in [0.15, 0.2) is 60.0 Å². The maximum Gasteiger partial charge on any atom is 0.338 e. The Morgan fingerprint density at radius 1 is 1.27 bits per heavy atom. The summed E-state index contributed by atoms with van der Waals surface area (Å²) in [5, 5.41) is 3.02. The lowest BCUT2D eigenvalue weighted by Crippen LogP contribution is -2.10. The first-order chi connectivity index (χ1) is 10.7. The number of benzene rings is 1. The molecule has 1 N–H and O–H groups in total. The summed E-state index contributed by atoms with van der Waals surface area (Å²) < 4.78 is 9.91. The van der Waals surface area contributed by atoms with Crippen LogP contribution in [0.4, 0.5) is 5.69 Å². The Morgan fingerprint density at radius 2 is 2.00 bits per heavy atom. The first kappa shape index (κ1) is 15.6. The third-order valence-electron chi connectivity index (χ3n) is 3.02. The largest absolute Gasteiger partial charge is 0.493 e. The number of Topliss-reactive ketones (excluding diaryl/α,β-unsaturated/α-hetero) is 1. The lowest BCUT2D eigenvalue weighted by molar-refractivity contribution is -0.114. The molecular formula is C17H17NO4. The van der Waals surface area contributed by atoms with Crippen molar-refractivity contribution < 1.29 is 19.1 Å². The van der Waals surface area contributed by atoms with Gasteiger partial charge in [0, 0.05) is 17.5 Å². The first-order valence-corrected chi connectivity index (χ1v) is 6.86. The third kappa shape index (κ3) is 3.63. The van der Waals surface area contributed by atoms with Crippen LogP contribution in [0.1, 0.15) is 17.3 Å². The van der Waals surface area contributed by atoms with Crippen LogP contribution >= 0.6 is 0 Å². The van der Waals surface area contributed by atoms with Crippen molar-refractivity contribution in [1.82, 2.24) is 0 Å². The van der Waals surface area contributed by atoms with E-state index in [2.05, 4.69) is 5.32 Å². The van der Waals surface area contributed by atoms with Gasteiger partial charge in [-0.3, -0.25) is 4.79 Å². The highest BCUT2D eigenvalue weighted by Crippen LogP contribution is 2.16. The number of hydrogen-bond acceptors (Lipinski definition) is 5. The highest BCUT2D eigenvalue weighted by Gasteiger charge is 2.16. The van der Waals surface area contributed by atoms with Gasteiger partial charge in [-0.05, 0) is 43.3 Å². The lowest BCUT2D eigenvalue weighted by Gasteiger charge is -2.10. The molecule has 0 atom stereocenters. The molecule has 22 heavy (non-hydrogen) atoms. The Labute approximate surface area is 128 Å². The Bertz CT molecular complexity index is 654. The molecule has 0 saturated carbocycles. The van der Waals surface area contributed by atoms with E-state index in [9.17, 15) is 9.59 Å². The van der Waals surface area contributed by atoms with Crippen molar-refractivity contribution in [2.75, 3.05) is 19.0 Å². The van der Waals surface area contributed by atoms with Crippen LogP contribution in [0.5, 0.6) is 0 Å². The standard InChI is InChI=1S/C17H17NO4/c1-3-22-17(20)12-7-9-14(10-8-12)18-11-13-5-4-6-15(21-2)16(13)19/h4-11,18H,3H2,1-2H3/b13-11+. The highest BCUT2D eigenvalue weighted by molar-refractivity contribution is 6.10. The number of rotatable bonds is 5. The van der Waals surface area contributed by atoms with Gasteiger partial charge in [0.05, 0.1) is 19.3 Å². The predicted molar refractivity (Wildman–Crippen MR) is 83.3 cm³/mol. The van der Waals surface area contributed by atoms with Gasteiger partial charge in [-0.15, -0.1) is 0 Å². The fraction of sp³-hybridized carbons (Fsp3) is 0.176. The minimum atomic E-state index is -0.354. The number of nitrogens with one attached hydrogen (secondary N) is 1. The fourth-order valence-corrected chi connectivity index (χ4v) is 1.89. The minimum absolute atomic E-state index is 0.180. The molecule has 0 saturated heterocycles. The first-order valence-electron chi connectivity index (χ1n) is 6.86. The quantitative estimate of drug-likeness (QED) is 0.669. The molecular weight excluding hydrogens is 282 g/mol. The van der Waals surface area contributed by atoms with Gasteiger partial charge >= 0.3 is 5.97 Å². The number of hydrogen-bond donors (Lipinski definition) is 1. The molecule has 0 unspecified atom stereocenters. The van der Waals surface area contributed by atoms with E-state index in [0.717, 1.165) is 5.69 Å². The van der Waals surface area contributed by atoms with Gasteiger partial charge in [0.25, 0.3) is 0 Å². The molecule has 1 aromatic carbocycles. The summed E-state index contributed by atoms with van der Waals surface area (Å²) in [6, 6.07) is 6.82. The van der Waals surface area contributed by atoms with Crippen molar-refractivity contribution in [2.45, 2.75) is 6.92 Å². The average molecular weight is 299 g/mol. The summed E-state index contributed by atoms with van der Waals surface area (Å²) in [6.45, 7) is 2.10. The summed E-state index contributed by atoms with van der Waals surface area (Å²) in [6.07, 6.45) is 6.67. The van der Waals surface area contributed by atoms with Crippen molar-refractivity contribution in [3.8, 4) is 0 Å². The third-order valence-corrected chi connectivity index (χ3v) is 3.02. The monoisotopic (exact) mass is 299 g/mol. The zero-order chi connectivity index (χ0) is 15.9. The Morgan fingerprint density at radius 3 is 2.64 bits per heavy atom. The van der Waals surface area contributed by atoms with Gasteiger partial charge in [-0.2, -0.15) is 0 Å². The second kappa shape index (κ2) is 7.26. The summed E-state index contributed by atoms with van der Waals surface area (Å²) in [4.78, 5) is 23.5. The summed E-state index contributed by atoms with van der Waals surface area (Å²) in [5.74, 6) is -0.235. The number of anilines is 1. The van der Waals surface area contributed by atoms with E-state index in [-0.39, 0.29) is 11.8 Å². The maximum atomic E-state index is 12.0. The van der Waals surface area contributed by atoms with Crippen molar-refractivity contribution in [1.29, 1.82) is 0 Å². The second-order valence-corrected chi connectivity index (χ2v) is 4.47. The molecule has 0 aliphatic heterocycles. The number of carbonyl (C=O) groups is 2. The number of ketones is 1. The maximum absolute atomic E-state index is 12.0. The van der Waals surface area contributed by atoms with Gasteiger partial charge in [-0.1, -0.05) is 6.08 Å². The van der Waals surface area contributed by atoms with E-state index in [1.165, 1.54) is 7.11 Å². The Kier molecular flexibility index (Phi) is 5.14. The van der Waals surface area contributed by atoms with Crippen LogP contribution < -0.4 is 5.32 Å². The second-order valence-electron chi connectivity index (χ2n) is 4.47. The van der Waals surface area contributed by atoms with Crippen molar-refractivity contribution in [3.05, 3.63) is 65.6 Å². The van der Waals surface area contributed by atoms with Gasteiger partial charge in [0.15, 0.2) is 5.76 Å². The van der Waals surface area contributed by atoms with Crippen molar-refractivity contribution >= 4 is 17.4 Å². The number of ether oxygens (including phenoxy) is 2. The lowest BCUT2D eigenvalue weighted by atomic mass is 10.1. The van der Waals surface area contributed by atoms with E-state index >= 15 is 0 Å². The molecule has 5 heteroatoms. The van der Waals surface area contributed by atoms with Gasteiger partial charge in [0.1, 0.15) is 0 Å². The number of esters is 1. The molecule has 1 aliphatic rings. The van der Waals surface area contributed by atoms with Gasteiger partial charge < -0.3 is 14.8 Å². The Balaban J connectivity index is 2.04. The molecule has 1 aromatic rings. The molecule has 0 spiro atoms. The Hall–Kier alpha value is -2.82. The number of methoxy groups -OCH3 is 1. The minimum Gasteiger partial charge on any atom is -0.493 e. The summed E-state index contributed by atoms with van der Waals surface area (Å²) in [7, 11) is 1.46. The topological polar surface area (TPSA) is 64.6 Å². The molecule has 0 bridgehead atoms. The normalized spacial score (nSPS) is 15.5. The highest BCUT2D eigenvalue weighted by atomic mass is 16.5. The molecule has 0 amide bonds. The van der Waals surface area contributed by atoms with E-state index in [4.69, 9.17) is 9.47 Å². The van der Waals surface area contributed by atoms with Crippen LogP contribution in [-0.2, 0) is 14.3 Å². The van der Waals surface area contributed by atoms with E-state index < -0.39 is 0 Å². The van der Waals surface area contributed by atoms with Gasteiger partial charge in [-0.25, -0.2) is 4.79 Å². The molecule has 0 aromatic heterocycles. The van der Waals surface area contributed by atoms with Crippen LogP contribution in [0.2, 0.25) is 0 Å². The van der Waals surface area contributed by atoms with E-state index in [1.54, 1.807) is 55.6 Å². The average Bonchev–Trinajstić information content (AvgIpc) is 2.54.